The number of fused-ring (bicyclic) bond motifs is 1. The van der Waals surface area contributed by atoms with Crippen molar-refractivity contribution in [2.75, 3.05) is 0 Å². The zero-order chi connectivity index (χ0) is 23.5. The second-order valence-electron chi connectivity index (χ2n) is 7.59. The standard InChI is InChI=1S/C24H20F2N2O5/c1-14-9-16(27-33-14)13-32-18-7-8-19-21(11-18)28(12-23(30)31)17(10-22(19)29)6-5-15-3-2-4-20(25)24(15)26/h2-4,7-11H,5-6,12-13H2,1H3,(H,30,31). The van der Waals surface area contributed by atoms with Crippen molar-refractivity contribution in [3.8, 4) is 5.75 Å². The summed E-state index contributed by atoms with van der Waals surface area (Å²) in [5.74, 6) is -1.97. The maximum absolute atomic E-state index is 14.1. The molecule has 0 saturated heterocycles. The number of hydrogen-bond acceptors (Lipinski definition) is 5. The predicted octanol–water partition coefficient (Wildman–Crippen LogP) is 4.02. The van der Waals surface area contributed by atoms with Crippen LogP contribution in [-0.4, -0.2) is 20.8 Å². The third-order valence-corrected chi connectivity index (χ3v) is 5.21. The van der Waals surface area contributed by atoms with Crippen molar-refractivity contribution in [1.29, 1.82) is 0 Å². The monoisotopic (exact) mass is 454 g/mol. The molecule has 0 fully saturated rings. The molecule has 0 atom stereocenters. The number of aliphatic carboxylic acids is 1. The first kappa shape index (κ1) is 22.2. The lowest BCUT2D eigenvalue weighted by molar-refractivity contribution is -0.137. The van der Waals surface area contributed by atoms with Crippen LogP contribution in [0.1, 0.15) is 22.7 Å². The number of benzene rings is 2. The molecule has 4 aromatic rings. The Labute approximate surface area is 186 Å². The van der Waals surface area contributed by atoms with E-state index >= 15 is 0 Å². The molecule has 7 nitrogen and oxygen atoms in total. The third-order valence-electron chi connectivity index (χ3n) is 5.21. The number of halogens is 2. The number of aryl methyl sites for hydroxylation is 3. The van der Waals surface area contributed by atoms with Gasteiger partial charge in [-0.25, -0.2) is 8.78 Å². The molecule has 2 aromatic carbocycles. The maximum atomic E-state index is 14.1. The van der Waals surface area contributed by atoms with Crippen LogP contribution in [0.5, 0.6) is 5.75 Å². The van der Waals surface area contributed by atoms with Gasteiger partial charge in [-0.1, -0.05) is 17.3 Å². The number of carboxylic acids is 1. The fourth-order valence-electron chi connectivity index (χ4n) is 3.67. The van der Waals surface area contributed by atoms with Gasteiger partial charge in [0.25, 0.3) is 0 Å². The molecule has 0 spiro atoms. The summed E-state index contributed by atoms with van der Waals surface area (Å²) in [4.78, 5) is 24.3. The van der Waals surface area contributed by atoms with E-state index < -0.39 is 24.1 Å². The Bertz CT molecular complexity index is 1390. The molecule has 0 saturated carbocycles. The molecule has 0 bridgehead atoms. The molecule has 0 aliphatic rings. The van der Waals surface area contributed by atoms with Gasteiger partial charge in [-0.3, -0.25) is 9.59 Å². The van der Waals surface area contributed by atoms with Crippen LogP contribution < -0.4 is 10.2 Å². The Hall–Kier alpha value is -4.01. The van der Waals surface area contributed by atoms with Crippen LogP contribution in [0.25, 0.3) is 10.9 Å². The van der Waals surface area contributed by atoms with E-state index in [-0.39, 0.29) is 30.4 Å². The van der Waals surface area contributed by atoms with Crippen LogP contribution in [0, 0.1) is 18.6 Å². The number of carbonyl (C=O) groups is 1. The maximum Gasteiger partial charge on any atom is 0.323 e. The summed E-state index contributed by atoms with van der Waals surface area (Å²) in [5, 5.41) is 13.6. The molecule has 1 N–H and O–H groups in total. The van der Waals surface area contributed by atoms with Gasteiger partial charge >= 0.3 is 5.97 Å². The van der Waals surface area contributed by atoms with Crippen LogP contribution in [0.2, 0.25) is 0 Å². The molecule has 170 valence electrons. The highest BCUT2D eigenvalue weighted by Gasteiger charge is 2.15. The first-order valence-corrected chi connectivity index (χ1v) is 10.2. The van der Waals surface area contributed by atoms with Crippen molar-refractivity contribution in [3.63, 3.8) is 0 Å². The lowest BCUT2D eigenvalue weighted by Gasteiger charge is -2.16. The fourth-order valence-corrected chi connectivity index (χ4v) is 3.67. The molecule has 4 rings (SSSR count). The summed E-state index contributed by atoms with van der Waals surface area (Å²) in [6.45, 7) is 1.47. The minimum absolute atomic E-state index is 0.0931. The molecule has 2 aromatic heterocycles. The van der Waals surface area contributed by atoms with Crippen LogP contribution >= 0.6 is 0 Å². The Morgan fingerprint density at radius 1 is 1.15 bits per heavy atom. The van der Waals surface area contributed by atoms with E-state index in [9.17, 15) is 23.5 Å². The van der Waals surface area contributed by atoms with Crippen molar-refractivity contribution in [2.45, 2.75) is 32.9 Å². The summed E-state index contributed by atoms with van der Waals surface area (Å²) in [5.41, 5.74) is 1.18. The minimum Gasteiger partial charge on any atom is -0.487 e. The van der Waals surface area contributed by atoms with E-state index in [1.165, 1.54) is 22.8 Å². The number of ether oxygens (including phenoxy) is 1. The van der Waals surface area contributed by atoms with Gasteiger partial charge in [-0.05, 0) is 43.5 Å². The van der Waals surface area contributed by atoms with E-state index in [0.717, 1.165) is 6.07 Å². The number of aromatic nitrogens is 2. The lowest BCUT2D eigenvalue weighted by Crippen LogP contribution is -2.19. The Morgan fingerprint density at radius 2 is 1.97 bits per heavy atom. The third kappa shape index (κ3) is 4.92. The van der Waals surface area contributed by atoms with E-state index in [1.54, 1.807) is 31.2 Å². The summed E-state index contributed by atoms with van der Waals surface area (Å²) in [7, 11) is 0. The van der Waals surface area contributed by atoms with Gasteiger partial charge in [-0.15, -0.1) is 0 Å². The van der Waals surface area contributed by atoms with Crippen molar-refractivity contribution in [1.82, 2.24) is 9.72 Å². The summed E-state index contributed by atoms with van der Waals surface area (Å²) >= 11 is 0. The fraction of sp³-hybridized carbons (Fsp3) is 0.208. The van der Waals surface area contributed by atoms with E-state index in [4.69, 9.17) is 9.26 Å². The smallest absolute Gasteiger partial charge is 0.323 e. The Morgan fingerprint density at radius 3 is 2.70 bits per heavy atom. The molecule has 0 amide bonds. The number of hydrogen-bond donors (Lipinski definition) is 1. The van der Waals surface area contributed by atoms with Gasteiger partial charge in [0.05, 0.1) is 5.52 Å². The van der Waals surface area contributed by atoms with Crippen molar-refractivity contribution >= 4 is 16.9 Å². The quantitative estimate of drug-likeness (QED) is 0.432. The SMILES string of the molecule is Cc1cc(COc2ccc3c(=O)cc(CCc4cccc(F)c4F)n(CC(=O)O)c3c2)no1. The van der Waals surface area contributed by atoms with Gasteiger partial charge in [0, 0.05) is 29.3 Å². The van der Waals surface area contributed by atoms with Crippen LogP contribution in [0.4, 0.5) is 8.78 Å². The predicted molar refractivity (Wildman–Crippen MR) is 115 cm³/mol. The molecular formula is C24H20F2N2O5. The van der Waals surface area contributed by atoms with E-state index in [1.807, 2.05) is 0 Å². The molecule has 0 aliphatic carbocycles. The second kappa shape index (κ2) is 9.23. The van der Waals surface area contributed by atoms with E-state index in [0.29, 0.717) is 33.8 Å². The summed E-state index contributed by atoms with van der Waals surface area (Å²) in [6.07, 6.45) is 0.234. The summed E-state index contributed by atoms with van der Waals surface area (Å²) < 4.78 is 39.8. The van der Waals surface area contributed by atoms with Gasteiger partial charge < -0.3 is 18.9 Å². The number of rotatable bonds is 8. The van der Waals surface area contributed by atoms with Crippen molar-refractivity contribution < 1.29 is 27.9 Å². The first-order valence-electron chi connectivity index (χ1n) is 10.2. The zero-order valence-corrected chi connectivity index (χ0v) is 17.7. The Balaban J connectivity index is 1.70. The van der Waals surface area contributed by atoms with Crippen molar-refractivity contribution in [2.24, 2.45) is 0 Å². The van der Waals surface area contributed by atoms with Crippen LogP contribution in [0.3, 0.4) is 0 Å². The highest BCUT2D eigenvalue weighted by Crippen LogP contribution is 2.23. The first-order chi connectivity index (χ1) is 15.8. The molecule has 0 radical (unpaired) electrons. The molecule has 2 heterocycles. The highest BCUT2D eigenvalue weighted by atomic mass is 19.2. The number of pyridine rings is 1. The van der Waals surface area contributed by atoms with Crippen LogP contribution in [-0.2, 0) is 30.8 Å². The van der Waals surface area contributed by atoms with Gasteiger partial charge in [0.2, 0.25) is 0 Å². The molecule has 9 heteroatoms. The number of carboxylic acid groups (broad SMARTS) is 1. The average molecular weight is 454 g/mol. The van der Waals surface area contributed by atoms with Gasteiger partial charge in [-0.2, -0.15) is 0 Å². The highest BCUT2D eigenvalue weighted by molar-refractivity contribution is 5.82. The second-order valence-corrected chi connectivity index (χ2v) is 7.59. The van der Waals surface area contributed by atoms with E-state index in [2.05, 4.69) is 5.16 Å². The average Bonchev–Trinajstić information content (AvgIpc) is 3.20. The molecule has 0 aliphatic heterocycles. The normalized spacial score (nSPS) is 11.1. The minimum atomic E-state index is -1.11. The zero-order valence-electron chi connectivity index (χ0n) is 17.7. The Kier molecular flexibility index (Phi) is 6.21. The molecular weight excluding hydrogens is 434 g/mol. The summed E-state index contributed by atoms with van der Waals surface area (Å²) in [6, 6.07) is 11.7. The number of nitrogens with zero attached hydrogens (tertiary/aromatic N) is 2. The van der Waals surface area contributed by atoms with Gasteiger partial charge in [0.1, 0.15) is 30.4 Å². The topological polar surface area (TPSA) is 94.6 Å². The van der Waals surface area contributed by atoms with Gasteiger partial charge in [0.15, 0.2) is 17.1 Å². The molecule has 33 heavy (non-hydrogen) atoms. The molecule has 0 unspecified atom stereocenters. The van der Waals surface area contributed by atoms with Crippen molar-refractivity contribution in [3.05, 3.63) is 93.1 Å². The van der Waals surface area contributed by atoms with Crippen LogP contribution in [0.15, 0.2) is 57.8 Å². The largest absolute Gasteiger partial charge is 0.487 e. The lowest BCUT2D eigenvalue weighted by atomic mass is 10.0.